The summed E-state index contributed by atoms with van der Waals surface area (Å²) in [5.74, 6) is -0.703. The summed E-state index contributed by atoms with van der Waals surface area (Å²) in [5, 5.41) is 8.08. The Bertz CT molecular complexity index is 1250. The van der Waals surface area contributed by atoms with Gasteiger partial charge in [-0.3, -0.25) is 19.3 Å². The first-order chi connectivity index (χ1) is 23.8. The highest BCUT2D eigenvalue weighted by molar-refractivity contribution is 5.80. The lowest BCUT2D eigenvalue weighted by atomic mass is 10.0. The molecule has 0 unspecified atom stereocenters. The van der Waals surface area contributed by atoms with Crippen molar-refractivity contribution in [1.29, 1.82) is 0 Å². The van der Waals surface area contributed by atoms with Crippen molar-refractivity contribution in [1.82, 2.24) is 20.9 Å². The Hall–Kier alpha value is -4.12. The van der Waals surface area contributed by atoms with Crippen molar-refractivity contribution in [2.24, 2.45) is 17.2 Å². The van der Waals surface area contributed by atoms with Crippen LogP contribution in [0.5, 0.6) is 0 Å². The van der Waals surface area contributed by atoms with Gasteiger partial charge in [-0.2, -0.15) is 0 Å². The first kappa shape index (κ1) is 39.3. The number of nitrogens with one attached hydrogen (secondary N) is 3. The molecule has 3 rings (SSSR count). The summed E-state index contributed by atoms with van der Waals surface area (Å²) >= 11 is 0. The minimum absolute atomic E-state index is 0.0351. The summed E-state index contributed by atoms with van der Waals surface area (Å²) < 4.78 is 24.1. The lowest BCUT2D eigenvalue weighted by Gasteiger charge is -2.41. The number of amides is 4. The van der Waals surface area contributed by atoms with Gasteiger partial charge in [-0.1, -0.05) is 48.5 Å². The Labute approximate surface area is 287 Å². The lowest BCUT2D eigenvalue weighted by molar-refractivity contribution is -0.124. The zero-order chi connectivity index (χ0) is 35.5. The Kier molecular flexibility index (Phi) is 16.9. The quantitative estimate of drug-likeness (QED) is 0.0855. The molecule has 0 atom stereocenters. The average molecular weight is 686 g/mol. The molecule has 0 saturated carbocycles. The van der Waals surface area contributed by atoms with Crippen LogP contribution in [0.1, 0.15) is 36.5 Å². The van der Waals surface area contributed by atoms with Gasteiger partial charge in [-0.25, -0.2) is 4.79 Å². The van der Waals surface area contributed by atoms with Gasteiger partial charge in [0.15, 0.2) is 6.10 Å². The molecule has 0 radical (unpaired) electrons. The van der Waals surface area contributed by atoms with Gasteiger partial charge in [0.2, 0.25) is 17.7 Å². The van der Waals surface area contributed by atoms with E-state index in [9.17, 15) is 19.2 Å². The Morgan fingerprint density at radius 2 is 1.02 bits per heavy atom. The normalized spacial score (nSPS) is 12.2. The Morgan fingerprint density at radius 3 is 1.39 bits per heavy atom. The van der Waals surface area contributed by atoms with Gasteiger partial charge in [0, 0.05) is 76.7 Å². The summed E-state index contributed by atoms with van der Waals surface area (Å²) in [5.41, 5.74) is 18.8. The molecule has 270 valence electrons. The molecular weight excluding hydrogens is 634 g/mol. The van der Waals surface area contributed by atoms with Crippen LogP contribution < -0.4 is 33.2 Å². The number of likely N-dealkylation sites (N-methyl/N-ethyl adjacent to an activating group) is 1. The van der Waals surface area contributed by atoms with Gasteiger partial charge in [-0.15, -0.1) is 0 Å². The van der Waals surface area contributed by atoms with Gasteiger partial charge in [0.05, 0.1) is 39.6 Å². The molecule has 0 fully saturated rings. The molecule has 1 aliphatic rings. The minimum Gasteiger partial charge on any atom is -0.436 e. The van der Waals surface area contributed by atoms with E-state index in [4.69, 9.17) is 36.1 Å². The standard InChI is InChI=1S/C34H51N7O8/c1-41(33(45)49-32-27-8-4-2-6-25(27)26-7-3-5-9-28(26)32)34(22-46-19-10-29(42)38-16-13-35,23-47-20-11-30(43)39-17-14-36)24-48-21-12-31(44)40-18-15-37/h2-9,32H,10-24,35-37H2,1H3,(H,38,42)(H,39,43)(H,40,44). The van der Waals surface area contributed by atoms with Crippen LogP contribution in [0, 0.1) is 0 Å². The summed E-state index contributed by atoms with van der Waals surface area (Å²) in [6.07, 6.45) is -1.15. The van der Waals surface area contributed by atoms with Crippen molar-refractivity contribution in [3.63, 3.8) is 0 Å². The number of benzene rings is 2. The van der Waals surface area contributed by atoms with Crippen LogP contribution in [0.2, 0.25) is 0 Å². The highest BCUT2D eigenvalue weighted by Crippen LogP contribution is 2.45. The summed E-state index contributed by atoms with van der Waals surface area (Å²) in [7, 11) is 1.56. The van der Waals surface area contributed by atoms with E-state index in [0.717, 1.165) is 22.3 Å². The highest BCUT2D eigenvalue weighted by Gasteiger charge is 2.42. The molecule has 2 aromatic rings. The van der Waals surface area contributed by atoms with Crippen LogP contribution in [-0.4, -0.2) is 120 Å². The second-order valence-electron chi connectivity index (χ2n) is 11.5. The average Bonchev–Trinajstić information content (AvgIpc) is 3.43. The van der Waals surface area contributed by atoms with Crippen LogP contribution in [-0.2, 0) is 33.3 Å². The van der Waals surface area contributed by atoms with E-state index in [-0.39, 0.29) is 76.6 Å². The van der Waals surface area contributed by atoms with E-state index in [1.54, 1.807) is 7.05 Å². The number of rotatable bonds is 23. The number of nitrogens with two attached hydrogens (primary N) is 3. The largest absolute Gasteiger partial charge is 0.436 e. The Morgan fingerprint density at radius 1 is 0.653 bits per heavy atom. The fourth-order valence-corrected chi connectivity index (χ4v) is 5.21. The predicted octanol–water partition coefficient (Wildman–Crippen LogP) is 0.00840. The first-order valence-electron chi connectivity index (χ1n) is 16.5. The number of nitrogens with zero attached hydrogens (tertiary/aromatic N) is 1. The molecule has 0 bridgehead atoms. The molecule has 1 aliphatic carbocycles. The number of hydrogen-bond acceptors (Lipinski definition) is 11. The Balaban J connectivity index is 1.82. The topological polar surface area (TPSA) is 223 Å². The number of carbonyl (C=O) groups excluding carboxylic acids is 4. The number of fused-ring (bicyclic) bond motifs is 3. The first-order valence-corrected chi connectivity index (χ1v) is 16.5. The van der Waals surface area contributed by atoms with E-state index >= 15 is 0 Å². The monoisotopic (exact) mass is 685 g/mol. The molecule has 15 nitrogen and oxygen atoms in total. The van der Waals surface area contributed by atoms with Gasteiger partial charge in [-0.05, 0) is 11.1 Å². The van der Waals surface area contributed by atoms with E-state index in [2.05, 4.69) is 16.0 Å². The molecule has 49 heavy (non-hydrogen) atoms. The van der Waals surface area contributed by atoms with Crippen LogP contribution in [0.25, 0.3) is 11.1 Å². The van der Waals surface area contributed by atoms with Gasteiger partial charge < -0.3 is 52.1 Å². The molecule has 0 aromatic heterocycles. The number of hydrogen-bond donors (Lipinski definition) is 6. The fourth-order valence-electron chi connectivity index (χ4n) is 5.21. The van der Waals surface area contributed by atoms with Crippen molar-refractivity contribution in [2.45, 2.75) is 30.9 Å². The molecule has 9 N–H and O–H groups in total. The maximum absolute atomic E-state index is 14.1. The second kappa shape index (κ2) is 21.1. The smallest absolute Gasteiger partial charge is 0.411 e. The second-order valence-corrected chi connectivity index (χ2v) is 11.5. The van der Waals surface area contributed by atoms with Crippen molar-refractivity contribution in [2.75, 3.05) is 86.0 Å². The zero-order valence-electron chi connectivity index (χ0n) is 28.2. The third-order valence-corrected chi connectivity index (χ3v) is 7.91. The van der Waals surface area contributed by atoms with E-state index in [1.807, 2.05) is 48.5 Å². The third-order valence-electron chi connectivity index (χ3n) is 7.91. The van der Waals surface area contributed by atoms with Crippen LogP contribution >= 0.6 is 0 Å². The maximum atomic E-state index is 14.1. The summed E-state index contributed by atoms with van der Waals surface area (Å²) in [6, 6.07) is 15.5. The summed E-state index contributed by atoms with van der Waals surface area (Å²) in [4.78, 5) is 52.0. The van der Waals surface area contributed by atoms with Gasteiger partial charge >= 0.3 is 6.09 Å². The van der Waals surface area contributed by atoms with E-state index in [1.165, 1.54) is 4.90 Å². The number of ether oxygens (including phenoxy) is 4. The van der Waals surface area contributed by atoms with E-state index < -0.39 is 17.7 Å². The highest BCUT2D eigenvalue weighted by atomic mass is 16.6. The molecule has 4 amide bonds. The van der Waals surface area contributed by atoms with E-state index in [0.29, 0.717) is 39.3 Å². The van der Waals surface area contributed by atoms with Crippen molar-refractivity contribution in [3.8, 4) is 11.1 Å². The minimum atomic E-state index is -1.29. The zero-order valence-corrected chi connectivity index (χ0v) is 28.2. The molecule has 0 saturated heterocycles. The number of carbonyl (C=O) groups is 4. The fraction of sp³-hybridized carbons (Fsp3) is 0.529. The van der Waals surface area contributed by atoms with Crippen LogP contribution in [0.4, 0.5) is 4.79 Å². The van der Waals surface area contributed by atoms with Crippen molar-refractivity contribution in [3.05, 3.63) is 59.7 Å². The summed E-state index contributed by atoms with van der Waals surface area (Å²) in [6.45, 7) is 1.70. The van der Waals surface area contributed by atoms with Crippen molar-refractivity contribution < 1.29 is 38.1 Å². The third kappa shape index (κ3) is 12.1. The molecule has 0 aliphatic heterocycles. The van der Waals surface area contributed by atoms with Crippen LogP contribution in [0.15, 0.2) is 48.5 Å². The molecular formula is C34H51N7O8. The lowest BCUT2D eigenvalue weighted by Crippen LogP contribution is -2.59. The molecule has 15 heteroatoms. The van der Waals surface area contributed by atoms with Gasteiger partial charge in [0.25, 0.3) is 0 Å². The maximum Gasteiger partial charge on any atom is 0.411 e. The molecule has 0 spiro atoms. The van der Waals surface area contributed by atoms with Crippen molar-refractivity contribution >= 4 is 23.8 Å². The molecule has 0 heterocycles. The van der Waals surface area contributed by atoms with Gasteiger partial charge in [0.1, 0.15) is 5.54 Å². The SMILES string of the molecule is CN(C(=O)OC1c2ccccc2-c2ccccc21)C(COCCC(=O)NCCN)(COCCC(=O)NCCN)COCCC(=O)NCCN. The van der Waals surface area contributed by atoms with Crippen LogP contribution in [0.3, 0.4) is 0 Å². The molecule has 2 aromatic carbocycles. The predicted molar refractivity (Wildman–Crippen MR) is 183 cm³/mol.